The average molecular weight is 429 g/mol. The van der Waals surface area contributed by atoms with Gasteiger partial charge in [0.05, 0.1) is 18.5 Å². The minimum absolute atomic E-state index is 0.106. The number of amides is 2. The van der Waals surface area contributed by atoms with E-state index in [4.69, 9.17) is 0 Å². The largest absolute Gasteiger partial charge is 0.350 e. The fraction of sp³-hybridized carbons (Fsp3) is 0.286. The van der Waals surface area contributed by atoms with Gasteiger partial charge in [0.25, 0.3) is 5.91 Å². The maximum Gasteiger partial charge on any atom is 0.251 e. The van der Waals surface area contributed by atoms with Gasteiger partial charge in [-0.25, -0.2) is 0 Å². The fourth-order valence-corrected chi connectivity index (χ4v) is 3.75. The van der Waals surface area contributed by atoms with Crippen molar-refractivity contribution in [3.8, 4) is 0 Å². The first-order chi connectivity index (χ1) is 15.4. The summed E-state index contributed by atoms with van der Waals surface area (Å²) in [7, 11) is 0. The normalized spacial score (nSPS) is 12.8. The molecule has 0 aromatic heterocycles. The van der Waals surface area contributed by atoms with Crippen LogP contribution in [0, 0.1) is 5.92 Å². The Labute approximate surface area is 191 Å². The SMILES string of the molecule is CC(C)Cc1ccc([C@H](C)NC(=O)C[C@H](NC(=O)c2ccccc2)c2ccccc2)cc1. The van der Waals surface area contributed by atoms with Gasteiger partial charge in [-0.05, 0) is 48.1 Å². The Hall–Kier alpha value is -3.40. The molecule has 0 radical (unpaired) electrons. The van der Waals surface area contributed by atoms with Crippen LogP contribution < -0.4 is 10.6 Å². The molecule has 0 aliphatic carbocycles. The Morgan fingerprint density at radius 2 is 1.31 bits per heavy atom. The third-order valence-corrected chi connectivity index (χ3v) is 5.43. The molecule has 0 bridgehead atoms. The van der Waals surface area contributed by atoms with Gasteiger partial charge in [-0.2, -0.15) is 0 Å². The van der Waals surface area contributed by atoms with E-state index in [2.05, 4.69) is 48.7 Å². The van der Waals surface area contributed by atoms with E-state index in [-0.39, 0.29) is 24.3 Å². The van der Waals surface area contributed by atoms with E-state index in [1.165, 1.54) is 5.56 Å². The molecule has 2 amide bonds. The predicted octanol–water partition coefficient (Wildman–Crippen LogP) is 5.62. The maximum atomic E-state index is 12.9. The number of hydrogen-bond donors (Lipinski definition) is 2. The average Bonchev–Trinajstić information content (AvgIpc) is 2.79. The monoisotopic (exact) mass is 428 g/mol. The summed E-state index contributed by atoms with van der Waals surface area (Å²) in [6, 6.07) is 26.6. The molecule has 0 aliphatic rings. The Bertz CT molecular complexity index is 999. The summed E-state index contributed by atoms with van der Waals surface area (Å²) < 4.78 is 0. The van der Waals surface area contributed by atoms with Crippen molar-refractivity contribution in [3.63, 3.8) is 0 Å². The molecule has 0 fully saturated rings. The van der Waals surface area contributed by atoms with Gasteiger partial charge in [-0.15, -0.1) is 0 Å². The maximum absolute atomic E-state index is 12.9. The summed E-state index contributed by atoms with van der Waals surface area (Å²) in [6.45, 7) is 6.39. The Kier molecular flexibility index (Phi) is 8.20. The molecule has 32 heavy (non-hydrogen) atoms. The summed E-state index contributed by atoms with van der Waals surface area (Å²) in [6.07, 6.45) is 1.21. The first kappa shape index (κ1) is 23.3. The minimum atomic E-state index is -0.412. The van der Waals surface area contributed by atoms with E-state index in [9.17, 15) is 9.59 Å². The van der Waals surface area contributed by atoms with E-state index in [0.29, 0.717) is 11.5 Å². The van der Waals surface area contributed by atoms with Gasteiger partial charge >= 0.3 is 0 Å². The molecule has 0 saturated heterocycles. The Morgan fingerprint density at radius 1 is 0.719 bits per heavy atom. The van der Waals surface area contributed by atoms with Crippen LogP contribution in [0.4, 0.5) is 0 Å². The van der Waals surface area contributed by atoms with Crippen molar-refractivity contribution >= 4 is 11.8 Å². The lowest BCUT2D eigenvalue weighted by Gasteiger charge is -2.21. The van der Waals surface area contributed by atoms with Crippen LogP contribution in [0.5, 0.6) is 0 Å². The smallest absolute Gasteiger partial charge is 0.251 e. The molecule has 0 heterocycles. The molecule has 166 valence electrons. The van der Waals surface area contributed by atoms with Crippen molar-refractivity contribution in [2.45, 2.75) is 45.7 Å². The number of carbonyl (C=O) groups excluding carboxylic acids is 2. The van der Waals surface area contributed by atoms with Gasteiger partial charge in [0, 0.05) is 5.56 Å². The van der Waals surface area contributed by atoms with Crippen LogP contribution in [0.1, 0.15) is 66.3 Å². The van der Waals surface area contributed by atoms with E-state index >= 15 is 0 Å². The highest BCUT2D eigenvalue weighted by Crippen LogP contribution is 2.20. The lowest BCUT2D eigenvalue weighted by atomic mass is 9.99. The molecule has 4 nitrogen and oxygen atoms in total. The molecule has 2 atom stereocenters. The summed E-state index contributed by atoms with van der Waals surface area (Å²) in [5.41, 5.74) is 3.84. The van der Waals surface area contributed by atoms with Crippen molar-refractivity contribution < 1.29 is 9.59 Å². The van der Waals surface area contributed by atoms with Crippen LogP contribution >= 0.6 is 0 Å². The lowest BCUT2D eigenvalue weighted by Crippen LogP contribution is -2.34. The Morgan fingerprint density at radius 3 is 1.91 bits per heavy atom. The Balaban J connectivity index is 1.66. The molecular formula is C28H32N2O2. The van der Waals surface area contributed by atoms with Crippen LogP contribution in [0.15, 0.2) is 84.9 Å². The third kappa shape index (κ3) is 6.81. The van der Waals surface area contributed by atoms with Gasteiger partial charge in [0.1, 0.15) is 0 Å². The molecule has 4 heteroatoms. The zero-order chi connectivity index (χ0) is 22.9. The molecule has 3 aromatic rings. The molecule has 0 aliphatic heterocycles. The van der Waals surface area contributed by atoms with Gasteiger partial charge in [-0.3, -0.25) is 9.59 Å². The minimum Gasteiger partial charge on any atom is -0.350 e. The molecular weight excluding hydrogens is 396 g/mol. The van der Waals surface area contributed by atoms with Crippen LogP contribution in [0.25, 0.3) is 0 Å². The molecule has 0 spiro atoms. The van der Waals surface area contributed by atoms with Gasteiger partial charge < -0.3 is 10.6 Å². The first-order valence-corrected chi connectivity index (χ1v) is 11.2. The lowest BCUT2D eigenvalue weighted by molar-refractivity contribution is -0.122. The molecule has 3 aromatic carbocycles. The van der Waals surface area contributed by atoms with E-state index in [1.807, 2.05) is 55.5 Å². The fourth-order valence-electron chi connectivity index (χ4n) is 3.75. The second-order valence-corrected chi connectivity index (χ2v) is 8.64. The van der Waals surface area contributed by atoms with Crippen molar-refractivity contribution in [1.82, 2.24) is 10.6 Å². The van der Waals surface area contributed by atoms with Crippen molar-refractivity contribution in [3.05, 3.63) is 107 Å². The van der Waals surface area contributed by atoms with E-state index < -0.39 is 6.04 Å². The summed E-state index contributed by atoms with van der Waals surface area (Å²) >= 11 is 0. The number of nitrogens with one attached hydrogen (secondary N) is 2. The molecule has 0 unspecified atom stereocenters. The standard InChI is InChI=1S/C28H32N2O2/c1-20(2)18-22-14-16-23(17-15-22)21(3)29-27(31)19-26(24-10-6-4-7-11-24)30-28(32)25-12-8-5-9-13-25/h4-17,20-21,26H,18-19H2,1-3H3,(H,29,31)(H,30,32)/t21-,26-/m0/s1. The highest BCUT2D eigenvalue weighted by molar-refractivity contribution is 5.94. The zero-order valence-corrected chi connectivity index (χ0v) is 19.0. The third-order valence-electron chi connectivity index (χ3n) is 5.43. The second-order valence-electron chi connectivity index (χ2n) is 8.64. The van der Waals surface area contributed by atoms with Crippen LogP contribution in [-0.4, -0.2) is 11.8 Å². The van der Waals surface area contributed by atoms with Crippen LogP contribution in [-0.2, 0) is 11.2 Å². The summed E-state index contributed by atoms with van der Waals surface area (Å²) in [5.74, 6) is 0.311. The van der Waals surface area contributed by atoms with E-state index in [0.717, 1.165) is 17.5 Å². The van der Waals surface area contributed by atoms with Crippen LogP contribution in [0.3, 0.4) is 0 Å². The van der Waals surface area contributed by atoms with E-state index in [1.54, 1.807) is 12.1 Å². The molecule has 2 N–H and O–H groups in total. The summed E-state index contributed by atoms with van der Waals surface area (Å²) in [5, 5.41) is 6.10. The first-order valence-electron chi connectivity index (χ1n) is 11.2. The van der Waals surface area contributed by atoms with Crippen molar-refractivity contribution in [1.29, 1.82) is 0 Å². The highest BCUT2D eigenvalue weighted by Gasteiger charge is 2.20. The van der Waals surface area contributed by atoms with Gasteiger partial charge in [0.2, 0.25) is 5.91 Å². The predicted molar refractivity (Wildman–Crippen MR) is 129 cm³/mol. The molecule has 0 saturated carbocycles. The topological polar surface area (TPSA) is 58.2 Å². The summed E-state index contributed by atoms with van der Waals surface area (Å²) in [4.78, 5) is 25.6. The highest BCUT2D eigenvalue weighted by atomic mass is 16.2. The quantitative estimate of drug-likeness (QED) is 0.464. The number of benzene rings is 3. The van der Waals surface area contributed by atoms with Crippen molar-refractivity contribution in [2.24, 2.45) is 5.92 Å². The van der Waals surface area contributed by atoms with Crippen molar-refractivity contribution in [2.75, 3.05) is 0 Å². The zero-order valence-electron chi connectivity index (χ0n) is 19.0. The molecule has 3 rings (SSSR count). The van der Waals surface area contributed by atoms with Gasteiger partial charge in [0.15, 0.2) is 0 Å². The van der Waals surface area contributed by atoms with Gasteiger partial charge in [-0.1, -0.05) is 86.6 Å². The number of rotatable bonds is 9. The second kappa shape index (κ2) is 11.3. The van der Waals surface area contributed by atoms with Crippen LogP contribution in [0.2, 0.25) is 0 Å². The number of hydrogen-bond acceptors (Lipinski definition) is 2. The number of carbonyl (C=O) groups is 2.